The van der Waals surface area contributed by atoms with Gasteiger partial charge in [-0.25, -0.2) is 0 Å². The fourth-order valence-electron chi connectivity index (χ4n) is 5.56. The van der Waals surface area contributed by atoms with Gasteiger partial charge < -0.3 is 15.2 Å². The van der Waals surface area contributed by atoms with Crippen LogP contribution in [0.4, 0.5) is 0 Å². The molecule has 4 aromatic rings. The van der Waals surface area contributed by atoms with Gasteiger partial charge >= 0.3 is 0 Å². The second kappa shape index (κ2) is 9.02. The lowest BCUT2D eigenvalue weighted by molar-refractivity contribution is -0.118. The number of hydrogen-bond donors (Lipinski definition) is 2. The van der Waals surface area contributed by atoms with Crippen LogP contribution in [0, 0.1) is 6.92 Å². The van der Waals surface area contributed by atoms with Crippen molar-refractivity contribution in [2.24, 2.45) is 0 Å². The van der Waals surface area contributed by atoms with Crippen LogP contribution in [0.5, 0.6) is 0 Å². The van der Waals surface area contributed by atoms with Gasteiger partial charge in [0.15, 0.2) is 6.29 Å². The van der Waals surface area contributed by atoms with Crippen LogP contribution in [0.3, 0.4) is 0 Å². The molecule has 0 aliphatic heterocycles. The van der Waals surface area contributed by atoms with Crippen molar-refractivity contribution in [3.63, 3.8) is 0 Å². The number of hydrogen-bond acceptors (Lipinski definition) is 3. The molecule has 0 radical (unpaired) electrons. The Kier molecular flexibility index (Phi) is 5.89. The van der Waals surface area contributed by atoms with E-state index in [1.165, 1.54) is 12.5 Å². The van der Waals surface area contributed by atoms with E-state index >= 15 is 0 Å². The Labute approximate surface area is 204 Å². The lowest BCUT2D eigenvalue weighted by Crippen LogP contribution is -2.23. The first kappa shape index (κ1) is 22.8. The molecule has 1 heterocycles. The largest absolute Gasteiger partial charge is 0.356 e. The van der Waals surface area contributed by atoms with E-state index in [2.05, 4.69) is 45.5 Å². The zero-order valence-corrected chi connectivity index (χ0v) is 20.3. The highest BCUT2D eigenvalue weighted by Crippen LogP contribution is 2.46. The Morgan fingerprint density at radius 3 is 2.66 bits per heavy atom. The van der Waals surface area contributed by atoms with Gasteiger partial charge in [0, 0.05) is 54.5 Å². The van der Waals surface area contributed by atoms with Gasteiger partial charge in [0.2, 0.25) is 5.91 Å². The van der Waals surface area contributed by atoms with Gasteiger partial charge in [0.05, 0.1) is 11.1 Å². The van der Waals surface area contributed by atoms with Crippen LogP contribution in [0.1, 0.15) is 50.8 Å². The summed E-state index contributed by atoms with van der Waals surface area (Å²) in [5, 5.41) is 7.44. The molecule has 2 N–H and O–H groups in total. The molecule has 1 aliphatic rings. The van der Waals surface area contributed by atoms with Crippen LogP contribution in [0.25, 0.3) is 32.9 Å². The second-order valence-corrected chi connectivity index (χ2v) is 9.23. The lowest BCUT2D eigenvalue weighted by atomic mass is 9.80. The predicted molar refractivity (Wildman–Crippen MR) is 139 cm³/mol. The minimum atomic E-state index is -0.252. The first-order valence-electron chi connectivity index (χ1n) is 12.1. The number of carbonyl (C=O) groups excluding carboxylic acids is 3. The zero-order valence-electron chi connectivity index (χ0n) is 20.3. The highest BCUT2D eigenvalue weighted by molar-refractivity contribution is 6.25. The van der Waals surface area contributed by atoms with Crippen molar-refractivity contribution < 1.29 is 14.4 Å². The summed E-state index contributed by atoms with van der Waals surface area (Å²) in [4.78, 5) is 37.2. The Morgan fingerprint density at radius 2 is 1.91 bits per heavy atom. The van der Waals surface area contributed by atoms with Crippen molar-refractivity contribution in [2.45, 2.75) is 39.7 Å². The molecule has 3 aromatic carbocycles. The Morgan fingerprint density at radius 1 is 1.11 bits per heavy atom. The zero-order chi connectivity index (χ0) is 24.7. The normalized spacial score (nSPS) is 12.3. The maximum atomic E-state index is 13.3. The summed E-state index contributed by atoms with van der Waals surface area (Å²) >= 11 is 0. The van der Waals surface area contributed by atoms with Gasteiger partial charge in [0.1, 0.15) is 0 Å². The van der Waals surface area contributed by atoms with Gasteiger partial charge in [-0.1, -0.05) is 35.9 Å². The Bertz CT molecular complexity index is 1510. The van der Waals surface area contributed by atoms with Crippen LogP contribution in [-0.2, 0) is 24.2 Å². The number of benzene rings is 3. The van der Waals surface area contributed by atoms with Crippen molar-refractivity contribution >= 4 is 39.9 Å². The van der Waals surface area contributed by atoms with Crippen molar-refractivity contribution in [1.82, 2.24) is 15.2 Å². The van der Waals surface area contributed by atoms with Crippen LogP contribution in [-0.4, -0.2) is 36.3 Å². The molecule has 0 saturated carbocycles. The molecule has 6 nitrogen and oxygen atoms in total. The fourth-order valence-corrected chi connectivity index (χ4v) is 5.56. The van der Waals surface area contributed by atoms with Crippen LogP contribution < -0.4 is 10.6 Å². The van der Waals surface area contributed by atoms with Crippen molar-refractivity contribution in [1.29, 1.82) is 0 Å². The molecule has 6 heteroatoms. The lowest BCUT2D eigenvalue weighted by Gasteiger charge is -2.25. The summed E-state index contributed by atoms with van der Waals surface area (Å²) in [6.45, 7) is 4.79. The molecule has 5 rings (SSSR count). The monoisotopic (exact) mass is 467 g/mol. The van der Waals surface area contributed by atoms with Gasteiger partial charge in [-0.05, 0) is 55.0 Å². The SMILES string of the molecule is CNC(=O)c1c(C=O)c2c(c3c1c1cc(C)ccc1n3CCCNC(C)=O)-c1ccccc1CC2. The number of rotatable bonds is 6. The van der Waals surface area contributed by atoms with E-state index in [0.29, 0.717) is 30.6 Å². The maximum Gasteiger partial charge on any atom is 0.252 e. The molecule has 2 amide bonds. The van der Waals surface area contributed by atoms with E-state index in [4.69, 9.17) is 0 Å². The number of aromatic nitrogens is 1. The van der Waals surface area contributed by atoms with E-state index < -0.39 is 0 Å². The summed E-state index contributed by atoms with van der Waals surface area (Å²) in [6.07, 6.45) is 3.12. The van der Waals surface area contributed by atoms with Gasteiger partial charge in [-0.15, -0.1) is 0 Å². The van der Waals surface area contributed by atoms with Crippen molar-refractivity contribution in [3.05, 3.63) is 70.3 Å². The summed E-state index contributed by atoms with van der Waals surface area (Å²) in [6, 6.07) is 14.6. The third-order valence-corrected chi connectivity index (χ3v) is 7.04. The quantitative estimate of drug-likeness (QED) is 0.322. The average Bonchev–Trinajstić information content (AvgIpc) is 3.17. The molecule has 35 heavy (non-hydrogen) atoms. The minimum Gasteiger partial charge on any atom is -0.356 e. The fraction of sp³-hybridized carbons (Fsp3) is 0.276. The third-order valence-electron chi connectivity index (χ3n) is 7.04. The number of amides is 2. The number of nitrogens with one attached hydrogen (secondary N) is 2. The van der Waals surface area contributed by atoms with Gasteiger partial charge in [-0.2, -0.15) is 0 Å². The molecule has 1 aliphatic carbocycles. The van der Waals surface area contributed by atoms with E-state index in [9.17, 15) is 14.4 Å². The second-order valence-electron chi connectivity index (χ2n) is 9.23. The molecule has 0 saturated heterocycles. The average molecular weight is 468 g/mol. The van der Waals surface area contributed by atoms with Gasteiger partial charge in [-0.3, -0.25) is 14.4 Å². The first-order valence-corrected chi connectivity index (χ1v) is 12.1. The number of aldehydes is 1. The van der Waals surface area contributed by atoms with Crippen LogP contribution >= 0.6 is 0 Å². The number of aryl methyl sites for hydroxylation is 3. The topological polar surface area (TPSA) is 80.2 Å². The van der Waals surface area contributed by atoms with Gasteiger partial charge in [0.25, 0.3) is 5.91 Å². The van der Waals surface area contributed by atoms with E-state index in [1.807, 2.05) is 19.1 Å². The standard InChI is InChI=1S/C29H29N3O3/c1-17-9-12-24-22(15-17)26-27(29(35)30-3)23(16-33)21-11-10-19-7-4-5-8-20(19)25(21)28(26)32(24)14-6-13-31-18(2)34/h4-5,7-9,12,15-16H,6,10-11,13-14H2,1-3H3,(H,30,35)(H,31,34). The van der Waals surface area contributed by atoms with Crippen molar-refractivity contribution in [3.8, 4) is 11.1 Å². The van der Waals surface area contributed by atoms with E-state index in [1.54, 1.807) is 7.05 Å². The minimum absolute atomic E-state index is 0.0494. The smallest absolute Gasteiger partial charge is 0.252 e. The van der Waals surface area contributed by atoms with Crippen LogP contribution in [0.2, 0.25) is 0 Å². The third kappa shape index (κ3) is 3.70. The number of carbonyl (C=O) groups is 3. The van der Waals surface area contributed by atoms with Crippen molar-refractivity contribution in [2.75, 3.05) is 13.6 Å². The summed E-state index contributed by atoms with van der Waals surface area (Å²) in [5.41, 5.74) is 8.38. The summed E-state index contributed by atoms with van der Waals surface area (Å²) in [7, 11) is 1.61. The Hall–Kier alpha value is -3.93. The maximum absolute atomic E-state index is 13.3. The Balaban J connectivity index is 1.93. The molecule has 0 bridgehead atoms. The van der Waals surface area contributed by atoms with E-state index in [-0.39, 0.29) is 11.8 Å². The molecule has 178 valence electrons. The predicted octanol–water partition coefficient (Wildman–Crippen LogP) is 4.57. The molecule has 0 atom stereocenters. The highest BCUT2D eigenvalue weighted by atomic mass is 16.2. The molecule has 0 fully saturated rings. The summed E-state index contributed by atoms with van der Waals surface area (Å²) in [5.74, 6) is -0.302. The number of nitrogens with zero attached hydrogens (tertiary/aromatic N) is 1. The van der Waals surface area contributed by atoms with E-state index in [0.717, 1.165) is 63.2 Å². The molecular weight excluding hydrogens is 438 g/mol. The highest BCUT2D eigenvalue weighted by Gasteiger charge is 2.30. The molecule has 0 unspecified atom stereocenters. The first-order chi connectivity index (χ1) is 17.0. The molecular formula is C29H29N3O3. The summed E-state index contributed by atoms with van der Waals surface area (Å²) < 4.78 is 2.27. The van der Waals surface area contributed by atoms with Crippen LogP contribution in [0.15, 0.2) is 42.5 Å². The number of fused-ring (bicyclic) bond motifs is 7. The molecule has 0 spiro atoms. The molecule has 1 aromatic heterocycles.